The lowest BCUT2D eigenvalue weighted by atomic mass is 9.99. The Balaban J connectivity index is 2.86. The summed E-state index contributed by atoms with van der Waals surface area (Å²) in [6.07, 6.45) is 5.45. The van der Waals surface area contributed by atoms with Crippen LogP contribution in [0.2, 0.25) is 0 Å². The van der Waals surface area contributed by atoms with Crippen molar-refractivity contribution in [2.45, 2.75) is 0 Å². The van der Waals surface area contributed by atoms with Crippen molar-refractivity contribution in [2.24, 2.45) is 0 Å². The highest BCUT2D eigenvalue weighted by Gasteiger charge is 1.89. The maximum Gasteiger partial charge on any atom is 0.136 e. The number of imidazole rings is 1. The Morgan fingerprint density at radius 2 is 2.30 bits per heavy atom. The fourth-order valence-corrected chi connectivity index (χ4v) is 0.937. The molecule has 2 heterocycles. The SMILES string of the molecule is [B]c1ccc2nccn2c1. The molecule has 0 aromatic carbocycles. The number of pyridine rings is 1. The molecule has 2 aromatic heterocycles. The first-order chi connectivity index (χ1) is 4.86. The second-order valence-electron chi connectivity index (χ2n) is 2.16. The van der Waals surface area contributed by atoms with Gasteiger partial charge >= 0.3 is 0 Å². The zero-order valence-electron chi connectivity index (χ0n) is 5.36. The van der Waals surface area contributed by atoms with Crippen LogP contribution in [0.25, 0.3) is 5.65 Å². The van der Waals surface area contributed by atoms with E-state index in [2.05, 4.69) is 4.98 Å². The topological polar surface area (TPSA) is 17.3 Å². The van der Waals surface area contributed by atoms with Gasteiger partial charge < -0.3 is 4.40 Å². The van der Waals surface area contributed by atoms with Gasteiger partial charge in [0.1, 0.15) is 13.5 Å². The molecular weight excluding hydrogens is 123 g/mol. The van der Waals surface area contributed by atoms with E-state index in [1.165, 1.54) is 0 Å². The summed E-state index contributed by atoms with van der Waals surface area (Å²) < 4.78 is 1.88. The van der Waals surface area contributed by atoms with Crippen LogP contribution in [0, 0.1) is 0 Å². The van der Waals surface area contributed by atoms with Crippen LogP contribution in [-0.4, -0.2) is 17.2 Å². The van der Waals surface area contributed by atoms with Crippen molar-refractivity contribution >= 4 is 19.0 Å². The molecule has 2 aromatic rings. The van der Waals surface area contributed by atoms with Gasteiger partial charge in [-0.05, 0) is 6.07 Å². The molecule has 0 aliphatic rings. The van der Waals surface area contributed by atoms with Gasteiger partial charge in [-0.2, -0.15) is 0 Å². The van der Waals surface area contributed by atoms with Crippen molar-refractivity contribution in [3.05, 3.63) is 30.7 Å². The molecule has 0 fully saturated rings. The van der Waals surface area contributed by atoms with Crippen LogP contribution in [0.15, 0.2) is 30.7 Å². The van der Waals surface area contributed by atoms with Gasteiger partial charge in [0.05, 0.1) is 0 Å². The minimum Gasteiger partial charge on any atom is -0.308 e. The summed E-state index contributed by atoms with van der Waals surface area (Å²) in [6.45, 7) is 0. The Hall–Kier alpha value is -1.25. The van der Waals surface area contributed by atoms with Gasteiger partial charge in [0.2, 0.25) is 0 Å². The molecule has 0 saturated carbocycles. The molecule has 46 valence electrons. The van der Waals surface area contributed by atoms with E-state index in [1.54, 1.807) is 6.20 Å². The molecule has 0 saturated heterocycles. The number of aromatic nitrogens is 2. The van der Waals surface area contributed by atoms with Gasteiger partial charge in [0.25, 0.3) is 0 Å². The van der Waals surface area contributed by atoms with E-state index in [0.29, 0.717) is 0 Å². The number of rotatable bonds is 0. The normalized spacial score (nSPS) is 10.4. The monoisotopic (exact) mass is 128 g/mol. The fourth-order valence-electron chi connectivity index (χ4n) is 0.937. The lowest BCUT2D eigenvalue weighted by molar-refractivity contribution is 1.20. The molecule has 0 N–H and O–H groups in total. The van der Waals surface area contributed by atoms with Gasteiger partial charge in [0.15, 0.2) is 0 Å². The minimum atomic E-state index is 0.755. The van der Waals surface area contributed by atoms with Gasteiger partial charge in [-0.3, -0.25) is 0 Å². The molecule has 0 unspecified atom stereocenters. The molecule has 0 aliphatic heterocycles. The second kappa shape index (κ2) is 1.87. The molecule has 0 spiro atoms. The van der Waals surface area contributed by atoms with Crippen molar-refractivity contribution in [1.29, 1.82) is 0 Å². The molecule has 2 nitrogen and oxygen atoms in total. The lowest BCUT2D eigenvalue weighted by Gasteiger charge is -1.93. The van der Waals surface area contributed by atoms with Crippen LogP contribution in [0.4, 0.5) is 0 Å². The largest absolute Gasteiger partial charge is 0.308 e. The van der Waals surface area contributed by atoms with Gasteiger partial charge in [-0.15, -0.1) is 0 Å². The molecule has 2 rings (SSSR count). The Morgan fingerprint density at radius 3 is 3.20 bits per heavy atom. The summed E-state index contributed by atoms with van der Waals surface area (Å²) in [5.41, 5.74) is 1.68. The highest BCUT2D eigenvalue weighted by molar-refractivity contribution is 6.32. The fraction of sp³-hybridized carbons (Fsp3) is 0. The highest BCUT2D eigenvalue weighted by atomic mass is 15.0. The maximum absolute atomic E-state index is 5.53. The standard InChI is InChI=1S/C7H5BN2/c8-6-1-2-7-9-3-4-10(7)5-6/h1-5H. The van der Waals surface area contributed by atoms with Gasteiger partial charge in [0, 0.05) is 18.6 Å². The number of hydrogen-bond donors (Lipinski definition) is 0. The Kier molecular flexibility index (Phi) is 1.03. The predicted molar refractivity (Wildman–Crippen MR) is 40.6 cm³/mol. The average molecular weight is 128 g/mol. The third-order valence-electron chi connectivity index (χ3n) is 1.41. The first-order valence-electron chi connectivity index (χ1n) is 3.04. The summed E-state index contributed by atoms with van der Waals surface area (Å²) in [5.74, 6) is 0. The van der Waals surface area contributed by atoms with Crippen molar-refractivity contribution in [3.63, 3.8) is 0 Å². The van der Waals surface area contributed by atoms with E-state index in [4.69, 9.17) is 7.85 Å². The molecule has 0 bridgehead atoms. The van der Waals surface area contributed by atoms with Crippen molar-refractivity contribution in [3.8, 4) is 0 Å². The molecule has 3 heteroatoms. The molecule has 0 amide bonds. The summed E-state index contributed by atoms with van der Waals surface area (Å²) in [6, 6.07) is 3.72. The zero-order chi connectivity index (χ0) is 6.97. The number of hydrogen-bond acceptors (Lipinski definition) is 1. The quantitative estimate of drug-likeness (QED) is 0.461. The average Bonchev–Trinajstić information content (AvgIpc) is 2.33. The predicted octanol–water partition coefficient (Wildman–Crippen LogP) is 0.128. The number of fused-ring (bicyclic) bond motifs is 1. The van der Waals surface area contributed by atoms with E-state index in [-0.39, 0.29) is 0 Å². The van der Waals surface area contributed by atoms with E-state index in [1.807, 2.05) is 28.9 Å². The van der Waals surface area contributed by atoms with Crippen LogP contribution in [-0.2, 0) is 0 Å². The van der Waals surface area contributed by atoms with Gasteiger partial charge in [-0.1, -0.05) is 11.5 Å². The van der Waals surface area contributed by atoms with Crippen LogP contribution in [0.1, 0.15) is 0 Å². The summed E-state index contributed by atoms with van der Waals surface area (Å²) in [4.78, 5) is 4.07. The molecular formula is C7H5BN2. The van der Waals surface area contributed by atoms with E-state index in [9.17, 15) is 0 Å². The lowest BCUT2D eigenvalue weighted by Crippen LogP contribution is -2.03. The smallest absolute Gasteiger partial charge is 0.136 e. The van der Waals surface area contributed by atoms with Crippen LogP contribution >= 0.6 is 0 Å². The van der Waals surface area contributed by atoms with Crippen molar-refractivity contribution in [2.75, 3.05) is 0 Å². The van der Waals surface area contributed by atoms with E-state index < -0.39 is 0 Å². The summed E-state index contributed by atoms with van der Waals surface area (Å²) in [7, 11) is 5.53. The molecule has 10 heavy (non-hydrogen) atoms. The van der Waals surface area contributed by atoms with Crippen molar-refractivity contribution < 1.29 is 0 Å². The van der Waals surface area contributed by atoms with Crippen molar-refractivity contribution in [1.82, 2.24) is 9.38 Å². The summed E-state index contributed by atoms with van der Waals surface area (Å²) >= 11 is 0. The van der Waals surface area contributed by atoms with E-state index >= 15 is 0 Å². The molecule has 0 aliphatic carbocycles. The zero-order valence-corrected chi connectivity index (χ0v) is 5.36. The Bertz CT molecular complexity index is 353. The van der Waals surface area contributed by atoms with E-state index in [0.717, 1.165) is 11.1 Å². The third-order valence-corrected chi connectivity index (χ3v) is 1.41. The summed E-state index contributed by atoms with van der Waals surface area (Å²) in [5, 5.41) is 0. The Morgan fingerprint density at radius 1 is 1.40 bits per heavy atom. The first kappa shape index (κ1) is 5.53. The highest BCUT2D eigenvalue weighted by Crippen LogP contribution is 1.95. The Labute approximate surface area is 59.9 Å². The van der Waals surface area contributed by atoms with Crippen LogP contribution in [0.5, 0.6) is 0 Å². The number of nitrogens with zero attached hydrogens (tertiary/aromatic N) is 2. The molecule has 0 atom stereocenters. The van der Waals surface area contributed by atoms with Crippen LogP contribution in [0.3, 0.4) is 0 Å². The van der Waals surface area contributed by atoms with Gasteiger partial charge in [-0.25, -0.2) is 4.98 Å². The minimum absolute atomic E-state index is 0.755. The molecule has 2 radical (unpaired) electrons. The maximum atomic E-state index is 5.53. The first-order valence-corrected chi connectivity index (χ1v) is 3.04. The second-order valence-corrected chi connectivity index (χ2v) is 2.16. The third kappa shape index (κ3) is 0.710. The van der Waals surface area contributed by atoms with Crippen LogP contribution < -0.4 is 5.46 Å².